The number of thioether (sulfide) groups is 1. The number of aliphatic carboxylic acids is 1. The summed E-state index contributed by atoms with van der Waals surface area (Å²) in [6.45, 7) is -0.0236. The van der Waals surface area contributed by atoms with Crippen LogP contribution < -0.4 is 0 Å². The van der Waals surface area contributed by atoms with Crippen LogP contribution in [-0.2, 0) is 17.8 Å². The van der Waals surface area contributed by atoms with Crippen molar-refractivity contribution in [2.24, 2.45) is 0 Å². The Bertz CT molecular complexity index is 536. The van der Waals surface area contributed by atoms with Crippen molar-refractivity contribution in [2.45, 2.75) is 13.0 Å². The summed E-state index contributed by atoms with van der Waals surface area (Å²) in [5.74, 6) is 0.963. The van der Waals surface area contributed by atoms with Crippen LogP contribution in [0.25, 0.3) is 11.0 Å². The van der Waals surface area contributed by atoms with Gasteiger partial charge in [-0.05, 0) is 18.4 Å². The standard InChI is InChI=1S/C12H14N2O2S/c1-17-7-6-11-13-9-4-2-3-5-10(9)14(11)8-12(15)16/h2-5H,6-8H2,1H3,(H,15,16). The van der Waals surface area contributed by atoms with Crippen molar-refractivity contribution in [3.8, 4) is 0 Å². The lowest BCUT2D eigenvalue weighted by atomic mass is 10.3. The minimum atomic E-state index is -0.835. The molecular weight excluding hydrogens is 236 g/mol. The van der Waals surface area contributed by atoms with Gasteiger partial charge in [0, 0.05) is 12.2 Å². The van der Waals surface area contributed by atoms with Crippen molar-refractivity contribution >= 4 is 28.8 Å². The number of aryl methyl sites for hydroxylation is 1. The first-order valence-electron chi connectivity index (χ1n) is 5.37. The highest BCUT2D eigenvalue weighted by molar-refractivity contribution is 7.98. The number of hydrogen-bond donors (Lipinski definition) is 1. The first-order valence-corrected chi connectivity index (χ1v) is 6.76. The molecule has 0 radical (unpaired) electrons. The molecule has 1 N–H and O–H groups in total. The Morgan fingerprint density at radius 3 is 2.94 bits per heavy atom. The maximum Gasteiger partial charge on any atom is 0.323 e. The molecule has 0 aliphatic rings. The molecule has 1 aromatic carbocycles. The van der Waals surface area contributed by atoms with E-state index in [9.17, 15) is 4.79 Å². The lowest BCUT2D eigenvalue weighted by molar-refractivity contribution is -0.137. The van der Waals surface area contributed by atoms with Crippen LogP contribution in [0.4, 0.5) is 0 Å². The van der Waals surface area contributed by atoms with Gasteiger partial charge in [-0.25, -0.2) is 4.98 Å². The smallest absolute Gasteiger partial charge is 0.323 e. The molecule has 0 aliphatic heterocycles. The normalized spacial score (nSPS) is 10.9. The van der Waals surface area contributed by atoms with Crippen molar-refractivity contribution in [2.75, 3.05) is 12.0 Å². The van der Waals surface area contributed by atoms with Crippen LogP contribution in [0.2, 0.25) is 0 Å². The fourth-order valence-corrected chi connectivity index (χ4v) is 2.21. The molecule has 2 aromatic rings. The van der Waals surface area contributed by atoms with Gasteiger partial charge in [0.05, 0.1) is 11.0 Å². The molecule has 4 nitrogen and oxygen atoms in total. The Hall–Kier alpha value is -1.49. The van der Waals surface area contributed by atoms with Gasteiger partial charge in [-0.1, -0.05) is 12.1 Å². The number of benzene rings is 1. The summed E-state index contributed by atoms with van der Waals surface area (Å²) < 4.78 is 1.79. The molecule has 0 saturated heterocycles. The number of rotatable bonds is 5. The zero-order valence-corrected chi connectivity index (χ0v) is 10.4. The second-order valence-corrected chi connectivity index (χ2v) is 4.73. The van der Waals surface area contributed by atoms with Crippen molar-refractivity contribution in [1.29, 1.82) is 0 Å². The number of carboxylic acids is 1. The van der Waals surface area contributed by atoms with E-state index < -0.39 is 5.97 Å². The fourth-order valence-electron chi connectivity index (χ4n) is 1.82. The molecule has 0 saturated carbocycles. The highest BCUT2D eigenvalue weighted by Crippen LogP contribution is 2.17. The number of nitrogens with zero attached hydrogens (tertiary/aromatic N) is 2. The zero-order chi connectivity index (χ0) is 12.3. The molecule has 5 heteroatoms. The van der Waals surface area contributed by atoms with Crippen molar-refractivity contribution in [1.82, 2.24) is 9.55 Å². The molecule has 0 unspecified atom stereocenters. The molecule has 0 spiro atoms. The molecule has 17 heavy (non-hydrogen) atoms. The minimum absolute atomic E-state index is 0.0236. The molecule has 0 aliphatic carbocycles. The third kappa shape index (κ3) is 2.61. The predicted molar refractivity (Wildman–Crippen MR) is 69.5 cm³/mol. The summed E-state index contributed by atoms with van der Waals surface area (Å²) in [6, 6.07) is 7.64. The van der Waals surface area contributed by atoms with E-state index in [1.807, 2.05) is 30.5 Å². The molecule has 0 atom stereocenters. The molecule has 90 valence electrons. The van der Waals surface area contributed by atoms with Gasteiger partial charge < -0.3 is 9.67 Å². The maximum atomic E-state index is 10.9. The van der Waals surface area contributed by atoms with E-state index in [0.717, 1.165) is 29.0 Å². The van der Waals surface area contributed by atoms with Crippen LogP contribution in [0.1, 0.15) is 5.82 Å². The van der Waals surface area contributed by atoms with Crippen molar-refractivity contribution < 1.29 is 9.90 Å². The second-order valence-electron chi connectivity index (χ2n) is 3.74. The van der Waals surface area contributed by atoms with E-state index in [0.29, 0.717) is 0 Å². The summed E-state index contributed by atoms with van der Waals surface area (Å²) in [5, 5.41) is 8.94. The highest BCUT2D eigenvalue weighted by atomic mass is 32.2. The Labute approximate surface area is 104 Å². The molecule has 1 aromatic heterocycles. The minimum Gasteiger partial charge on any atom is -0.480 e. The monoisotopic (exact) mass is 250 g/mol. The van der Waals surface area contributed by atoms with Crippen LogP contribution in [-0.4, -0.2) is 32.6 Å². The van der Waals surface area contributed by atoms with Gasteiger partial charge in [0.25, 0.3) is 0 Å². The number of carbonyl (C=O) groups is 1. The van der Waals surface area contributed by atoms with Gasteiger partial charge in [0.1, 0.15) is 12.4 Å². The molecule has 0 fully saturated rings. The van der Waals surface area contributed by atoms with Crippen LogP contribution in [0.3, 0.4) is 0 Å². The van der Waals surface area contributed by atoms with Gasteiger partial charge in [0.2, 0.25) is 0 Å². The quantitative estimate of drug-likeness (QED) is 0.882. The lowest BCUT2D eigenvalue weighted by Crippen LogP contribution is -2.12. The second kappa shape index (κ2) is 5.23. The number of fused-ring (bicyclic) bond motifs is 1. The molecule has 0 amide bonds. The van der Waals surface area contributed by atoms with E-state index in [-0.39, 0.29) is 6.54 Å². The number of imidazole rings is 1. The Kier molecular flexibility index (Phi) is 3.68. The van der Waals surface area contributed by atoms with Crippen LogP contribution in [0.5, 0.6) is 0 Å². The summed E-state index contributed by atoms with van der Waals surface area (Å²) in [6.07, 6.45) is 2.83. The van der Waals surface area contributed by atoms with Gasteiger partial charge >= 0.3 is 5.97 Å². The molecule has 0 bridgehead atoms. The summed E-state index contributed by atoms with van der Waals surface area (Å²) >= 11 is 1.73. The van der Waals surface area contributed by atoms with Crippen LogP contribution in [0, 0.1) is 0 Å². The SMILES string of the molecule is CSCCc1nc2ccccc2n1CC(=O)O. The number of carboxylic acid groups (broad SMARTS) is 1. The lowest BCUT2D eigenvalue weighted by Gasteiger charge is -2.05. The topological polar surface area (TPSA) is 55.1 Å². The van der Waals surface area contributed by atoms with Gasteiger partial charge in [-0.15, -0.1) is 0 Å². The average Bonchev–Trinajstić information content (AvgIpc) is 2.64. The maximum absolute atomic E-state index is 10.9. The average molecular weight is 250 g/mol. The Balaban J connectivity index is 2.44. The van der Waals surface area contributed by atoms with E-state index in [2.05, 4.69) is 4.98 Å². The first kappa shape index (κ1) is 12.0. The van der Waals surface area contributed by atoms with Crippen LogP contribution in [0.15, 0.2) is 24.3 Å². The summed E-state index contributed by atoms with van der Waals surface area (Å²) in [4.78, 5) is 15.4. The Morgan fingerprint density at radius 2 is 2.24 bits per heavy atom. The molecular formula is C12H14N2O2S. The van der Waals surface area contributed by atoms with Crippen molar-refractivity contribution in [3.63, 3.8) is 0 Å². The van der Waals surface area contributed by atoms with Crippen LogP contribution >= 0.6 is 11.8 Å². The third-order valence-corrected chi connectivity index (χ3v) is 3.17. The van der Waals surface area contributed by atoms with Gasteiger partial charge in [-0.3, -0.25) is 4.79 Å². The largest absolute Gasteiger partial charge is 0.480 e. The van der Waals surface area contributed by atoms with E-state index >= 15 is 0 Å². The predicted octanol–water partition coefficient (Wildman–Crippen LogP) is 2.03. The van der Waals surface area contributed by atoms with Crippen molar-refractivity contribution in [3.05, 3.63) is 30.1 Å². The summed E-state index contributed by atoms with van der Waals surface area (Å²) in [5.41, 5.74) is 1.76. The van der Waals surface area contributed by atoms with E-state index in [1.165, 1.54) is 0 Å². The third-order valence-electron chi connectivity index (χ3n) is 2.56. The number of hydrogen-bond acceptors (Lipinski definition) is 3. The fraction of sp³-hybridized carbons (Fsp3) is 0.333. The van der Waals surface area contributed by atoms with Gasteiger partial charge in [-0.2, -0.15) is 11.8 Å². The summed E-state index contributed by atoms with van der Waals surface area (Å²) in [7, 11) is 0. The van der Waals surface area contributed by atoms with Gasteiger partial charge in [0.15, 0.2) is 0 Å². The first-order chi connectivity index (χ1) is 8.22. The molecule has 1 heterocycles. The number of aromatic nitrogens is 2. The number of para-hydroxylation sites is 2. The highest BCUT2D eigenvalue weighted by Gasteiger charge is 2.12. The zero-order valence-electron chi connectivity index (χ0n) is 9.59. The molecule has 2 rings (SSSR count). The van der Waals surface area contributed by atoms with E-state index in [1.54, 1.807) is 16.3 Å². The Morgan fingerprint density at radius 1 is 1.47 bits per heavy atom. The van der Waals surface area contributed by atoms with E-state index in [4.69, 9.17) is 5.11 Å².